The lowest BCUT2D eigenvalue weighted by molar-refractivity contribution is -0.130. The first kappa shape index (κ1) is 25.0. The molecule has 0 aliphatic rings. The maximum Gasteiger partial charge on any atom is 0.382 e. The molecular weight excluding hydrogens is 496 g/mol. The Morgan fingerprint density at radius 2 is 1.81 bits per heavy atom. The van der Waals surface area contributed by atoms with E-state index in [1.807, 2.05) is 5.92 Å². The topological polar surface area (TPSA) is 62.7 Å². The summed E-state index contributed by atoms with van der Waals surface area (Å²) in [4.78, 5) is 16.7. The van der Waals surface area contributed by atoms with Crippen molar-refractivity contribution in [2.45, 2.75) is 13.0 Å². The van der Waals surface area contributed by atoms with Crippen LogP contribution in [0.25, 0.3) is 10.2 Å². The van der Waals surface area contributed by atoms with E-state index in [1.165, 1.54) is 13.2 Å². The van der Waals surface area contributed by atoms with E-state index in [9.17, 15) is 22.4 Å². The average molecular weight is 515 g/mol. The zero-order valence-electron chi connectivity index (χ0n) is 18.8. The van der Waals surface area contributed by atoms with E-state index in [-0.39, 0.29) is 29.7 Å². The Morgan fingerprint density at radius 1 is 1.06 bits per heavy atom. The van der Waals surface area contributed by atoms with E-state index in [4.69, 9.17) is 9.84 Å². The monoisotopic (exact) mass is 514 g/mol. The van der Waals surface area contributed by atoms with Crippen LogP contribution in [-0.4, -0.2) is 29.7 Å². The minimum atomic E-state index is -1.57. The highest BCUT2D eigenvalue weighted by molar-refractivity contribution is 7.22. The van der Waals surface area contributed by atoms with E-state index >= 15 is 0 Å². The van der Waals surface area contributed by atoms with Crippen LogP contribution in [0, 0.1) is 35.1 Å². The summed E-state index contributed by atoms with van der Waals surface area (Å²) in [6.45, 7) is 0.521. The standard InChI is InChI=1S/C26H18F4N2O3S/c1-35-18-8-7-17(19(27)12-18)10-11-32(14-16-4-2-15(3-5-16)6-9-22(33)34)26-31-21-13-20(28)23(29)24(30)25(21)36-26/h2-5,7-8,12-13H,10-11,14H2,1H3,(H,33,34). The minimum Gasteiger partial charge on any atom is -0.497 e. The van der Waals surface area contributed by atoms with Gasteiger partial charge in [-0.2, -0.15) is 0 Å². The molecule has 0 unspecified atom stereocenters. The number of hydrogen-bond acceptors (Lipinski definition) is 5. The van der Waals surface area contributed by atoms with Gasteiger partial charge in [0, 0.05) is 36.7 Å². The molecule has 0 amide bonds. The van der Waals surface area contributed by atoms with Gasteiger partial charge in [0.15, 0.2) is 22.6 Å². The van der Waals surface area contributed by atoms with Crippen molar-refractivity contribution in [3.05, 3.63) is 88.5 Å². The Balaban J connectivity index is 1.65. The van der Waals surface area contributed by atoms with Crippen LogP contribution >= 0.6 is 11.3 Å². The molecule has 184 valence electrons. The lowest BCUT2D eigenvalue weighted by atomic mass is 10.1. The molecule has 0 radical (unpaired) electrons. The normalized spacial score (nSPS) is 10.7. The number of hydrogen-bond donors (Lipinski definition) is 1. The molecule has 0 saturated heterocycles. The number of rotatable bonds is 7. The van der Waals surface area contributed by atoms with Crippen LogP contribution in [0.1, 0.15) is 16.7 Å². The molecule has 0 atom stereocenters. The lowest BCUT2D eigenvalue weighted by Gasteiger charge is -2.22. The third-order valence-electron chi connectivity index (χ3n) is 5.33. The fraction of sp³-hybridized carbons (Fsp3) is 0.154. The molecule has 1 heterocycles. The fourth-order valence-electron chi connectivity index (χ4n) is 3.49. The van der Waals surface area contributed by atoms with E-state index in [0.717, 1.165) is 23.0 Å². The van der Waals surface area contributed by atoms with Gasteiger partial charge in [-0.3, -0.25) is 0 Å². The number of methoxy groups -OCH3 is 1. The third kappa shape index (κ3) is 5.58. The Kier molecular flexibility index (Phi) is 7.41. The highest BCUT2D eigenvalue weighted by atomic mass is 32.1. The summed E-state index contributed by atoms with van der Waals surface area (Å²) in [5.74, 6) is -0.970. The number of aromatic nitrogens is 1. The molecule has 3 aromatic carbocycles. The van der Waals surface area contributed by atoms with Gasteiger partial charge in [0.05, 0.1) is 17.3 Å². The van der Waals surface area contributed by atoms with Gasteiger partial charge in [0.25, 0.3) is 0 Å². The van der Waals surface area contributed by atoms with Gasteiger partial charge in [-0.05, 0) is 35.7 Å². The van der Waals surface area contributed by atoms with Crippen molar-refractivity contribution in [2.75, 3.05) is 18.6 Å². The number of carbonyl (C=O) groups is 1. The number of anilines is 1. The number of ether oxygens (including phenoxy) is 1. The SMILES string of the molecule is COc1ccc(CCN(Cc2ccc(C#CC(=O)O)cc2)c2nc3cc(F)c(F)c(F)c3s2)c(F)c1. The zero-order valence-corrected chi connectivity index (χ0v) is 19.6. The van der Waals surface area contributed by atoms with Gasteiger partial charge in [0.1, 0.15) is 11.6 Å². The highest BCUT2D eigenvalue weighted by Gasteiger charge is 2.20. The van der Waals surface area contributed by atoms with Crippen LogP contribution < -0.4 is 9.64 Å². The lowest BCUT2D eigenvalue weighted by Crippen LogP contribution is -2.25. The first-order chi connectivity index (χ1) is 17.2. The molecule has 10 heteroatoms. The fourth-order valence-corrected chi connectivity index (χ4v) is 4.49. The third-order valence-corrected chi connectivity index (χ3v) is 6.45. The highest BCUT2D eigenvalue weighted by Crippen LogP contribution is 2.34. The van der Waals surface area contributed by atoms with Gasteiger partial charge in [-0.1, -0.05) is 35.5 Å². The van der Waals surface area contributed by atoms with Crippen molar-refractivity contribution in [2.24, 2.45) is 0 Å². The first-order valence-electron chi connectivity index (χ1n) is 10.6. The molecule has 0 bridgehead atoms. The second-order valence-electron chi connectivity index (χ2n) is 7.71. The number of halogens is 4. The molecule has 0 spiro atoms. The maximum absolute atomic E-state index is 14.5. The molecule has 4 aromatic rings. The van der Waals surface area contributed by atoms with Gasteiger partial charge in [-0.25, -0.2) is 27.3 Å². The summed E-state index contributed by atoms with van der Waals surface area (Å²) < 4.78 is 61.2. The van der Waals surface area contributed by atoms with Crippen molar-refractivity contribution in [1.82, 2.24) is 4.98 Å². The molecule has 0 aliphatic heterocycles. The zero-order chi connectivity index (χ0) is 25.8. The van der Waals surface area contributed by atoms with E-state index in [1.54, 1.807) is 41.3 Å². The van der Waals surface area contributed by atoms with Crippen molar-refractivity contribution >= 4 is 32.7 Å². The summed E-state index contributed by atoms with van der Waals surface area (Å²) >= 11 is 0.866. The summed E-state index contributed by atoms with van der Waals surface area (Å²) in [5, 5.41) is 9.00. The van der Waals surface area contributed by atoms with Crippen molar-refractivity contribution in [1.29, 1.82) is 0 Å². The minimum absolute atomic E-state index is 0.0219. The summed E-state index contributed by atoms with van der Waals surface area (Å²) in [6, 6.07) is 12.1. The number of thiazole rings is 1. The Hall–Kier alpha value is -4.10. The van der Waals surface area contributed by atoms with Gasteiger partial charge in [-0.15, -0.1) is 0 Å². The number of carboxylic acids is 1. The molecule has 1 N–H and O–H groups in total. The van der Waals surface area contributed by atoms with Crippen molar-refractivity contribution in [3.63, 3.8) is 0 Å². The number of aliphatic carboxylic acids is 1. The molecule has 5 nitrogen and oxygen atoms in total. The maximum atomic E-state index is 14.5. The molecule has 0 aliphatic carbocycles. The number of carboxylic acid groups (broad SMARTS) is 1. The summed E-state index contributed by atoms with van der Waals surface area (Å²) in [7, 11) is 1.44. The Morgan fingerprint density at radius 3 is 2.47 bits per heavy atom. The molecular formula is C26H18F4N2O3S. The van der Waals surface area contributed by atoms with Gasteiger partial charge >= 0.3 is 5.97 Å². The molecule has 0 saturated carbocycles. The second kappa shape index (κ2) is 10.7. The van der Waals surface area contributed by atoms with Gasteiger partial charge < -0.3 is 14.7 Å². The molecule has 4 rings (SSSR count). The van der Waals surface area contributed by atoms with Crippen molar-refractivity contribution in [3.8, 4) is 17.6 Å². The number of fused-ring (bicyclic) bond motifs is 1. The van der Waals surface area contributed by atoms with Crippen LogP contribution in [0.15, 0.2) is 48.5 Å². The van der Waals surface area contributed by atoms with E-state index in [0.29, 0.717) is 22.0 Å². The number of nitrogens with zero attached hydrogens (tertiary/aromatic N) is 2. The van der Waals surface area contributed by atoms with Crippen molar-refractivity contribution < 1.29 is 32.2 Å². The first-order valence-corrected chi connectivity index (χ1v) is 11.4. The smallest absolute Gasteiger partial charge is 0.382 e. The molecule has 36 heavy (non-hydrogen) atoms. The molecule has 0 fully saturated rings. The van der Waals surface area contributed by atoms with Crippen LogP contribution in [0.2, 0.25) is 0 Å². The quantitative estimate of drug-likeness (QED) is 0.199. The van der Waals surface area contributed by atoms with Crippen LogP contribution in [0.5, 0.6) is 5.75 Å². The largest absolute Gasteiger partial charge is 0.497 e. The predicted molar refractivity (Wildman–Crippen MR) is 128 cm³/mol. The Bertz CT molecular complexity index is 1490. The predicted octanol–water partition coefficient (Wildman–Crippen LogP) is 5.55. The molecule has 1 aromatic heterocycles. The van der Waals surface area contributed by atoms with Crippen LogP contribution in [0.4, 0.5) is 22.7 Å². The summed E-state index contributed by atoms with van der Waals surface area (Å²) in [5.41, 5.74) is 1.68. The summed E-state index contributed by atoms with van der Waals surface area (Å²) in [6.07, 6.45) is 0.263. The van der Waals surface area contributed by atoms with Gasteiger partial charge in [0.2, 0.25) is 0 Å². The van der Waals surface area contributed by atoms with Crippen LogP contribution in [0.3, 0.4) is 0 Å². The van der Waals surface area contributed by atoms with E-state index in [2.05, 4.69) is 10.9 Å². The van der Waals surface area contributed by atoms with Crippen LogP contribution in [-0.2, 0) is 17.8 Å². The second-order valence-corrected chi connectivity index (χ2v) is 8.69. The Labute approximate surface area is 207 Å². The number of benzene rings is 3. The average Bonchev–Trinajstić information content (AvgIpc) is 3.29. The van der Waals surface area contributed by atoms with E-state index < -0.39 is 29.2 Å².